The summed E-state index contributed by atoms with van der Waals surface area (Å²) in [5.74, 6) is -4.04. The lowest BCUT2D eigenvalue weighted by atomic mass is 9.91. The van der Waals surface area contributed by atoms with E-state index in [1.54, 1.807) is 12.1 Å². The molecule has 0 radical (unpaired) electrons. The highest BCUT2D eigenvalue weighted by molar-refractivity contribution is 5.71. The molecule has 0 saturated heterocycles. The van der Waals surface area contributed by atoms with Gasteiger partial charge < -0.3 is 10.5 Å². The molecule has 0 bridgehead atoms. The highest BCUT2D eigenvalue weighted by Gasteiger charge is 2.37. The summed E-state index contributed by atoms with van der Waals surface area (Å²) >= 11 is 0. The lowest BCUT2D eigenvalue weighted by Gasteiger charge is -2.19. The van der Waals surface area contributed by atoms with Crippen molar-refractivity contribution in [1.82, 2.24) is 4.98 Å². The summed E-state index contributed by atoms with van der Waals surface area (Å²) in [6, 6.07) is 7.96. The summed E-state index contributed by atoms with van der Waals surface area (Å²) in [7, 11) is 0. The number of nitrogens with two attached hydrogens (primary N) is 1. The van der Waals surface area contributed by atoms with Gasteiger partial charge in [-0.05, 0) is 29.8 Å². The van der Waals surface area contributed by atoms with E-state index in [1.165, 1.54) is 18.2 Å². The normalized spacial score (nSPS) is 16.6. The summed E-state index contributed by atoms with van der Waals surface area (Å²) in [4.78, 5) is 4.38. The second-order valence-corrected chi connectivity index (χ2v) is 7.68. The first-order valence-electron chi connectivity index (χ1n) is 9.80. The van der Waals surface area contributed by atoms with Crippen LogP contribution in [0.1, 0.15) is 41.1 Å². The van der Waals surface area contributed by atoms with Crippen molar-refractivity contribution in [3.05, 3.63) is 82.3 Å². The number of halogens is 6. The van der Waals surface area contributed by atoms with Gasteiger partial charge in [0.05, 0.1) is 17.9 Å². The third kappa shape index (κ3) is 3.92. The van der Waals surface area contributed by atoms with Crippen LogP contribution in [-0.4, -0.2) is 18.1 Å². The van der Waals surface area contributed by atoms with Gasteiger partial charge in [-0.1, -0.05) is 19.1 Å². The molecule has 2 unspecified atom stereocenters. The van der Waals surface area contributed by atoms with E-state index >= 15 is 0 Å². The molecule has 2 atom stereocenters. The SMILES string of the molecule is CC1COc2c1cc(C(CN)c1cccc(F)c1)nc2-c1cc(C(F)(F)F)c(F)cc1F. The van der Waals surface area contributed by atoms with Crippen LogP contribution in [0.15, 0.2) is 42.5 Å². The molecule has 0 saturated carbocycles. The van der Waals surface area contributed by atoms with Gasteiger partial charge in [0.25, 0.3) is 0 Å². The van der Waals surface area contributed by atoms with E-state index in [0.717, 1.165) is 0 Å². The Hall–Kier alpha value is -3.07. The number of aromatic nitrogens is 1. The Morgan fingerprint density at radius 1 is 1.09 bits per heavy atom. The van der Waals surface area contributed by atoms with E-state index in [-0.39, 0.29) is 36.6 Å². The molecule has 0 amide bonds. The molecule has 1 aromatic heterocycles. The Kier molecular flexibility index (Phi) is 5.62. The Balaban J connectivity index is 1.95. The number of rotatable bonds is 4. The topological polar surface area (TPSA) is 48.1 Å². The molecule has 9 heteroatoms. The molecule has 0 spiro atoms. The summed E-state index contributed by atoms with van der Waals surface area (Å²) in [5.41, 5.74) is 5.03. The van der Waals surface area contributed by atoms with Crippen molar-refractivity contribution in [2.75, 3.05) is 13.2 Å². The van der Waals surface area contributed by atoms with Crippen LogP contribution in [0.3, 0.4) is 0 Å². The molecule has 32 heavy (non-hydrogen) atoms. The van der Waals surface area contributed by atoms with Crippen LogP contribution >= 0.6 is 0 Å². The third-order valence-electron chi connectivity index (χ3n) is 5.49. The highest BCUT2D eigenvalue weighted by atomic mass is 19.4. The number of benzene rings is 2. The number of hydrogen-bond acceptors (Lipinski definition) is 3. The van der Waals surface area contributed by atoms with Crippen LogP contribution in [-0.2, 0) is 6.18 Å². The predicted molar refractivity (Wildman–Crippen MR) is 106 cm³/mol. The number of fused-ring (bicyclic) bond motifs is 1. The molecule has 2 aromatic carbocycles. The fraction of sp³-hybridized carbons (Fsp3) is 0.261. The summed E-state index contributed by atoms with van der Waals surface area (Å²) in [6.45, 7) is 2.07. The van der Waals surface area contributed by atoms with E-state index in [9.17, 15) is 26.3 Å². The molecule has 0 fully saturated rings. The van der Waals surface area contributed by atoms with E-state index < -0.39 is 40.7 Å². The maximum atomic E-state index is 14.7. The van der Waals surface area contributed by atoms with Crippen molar-refractivity contribution in [1.29, 1.82) is 0 Å². The van der Waals surface area contributed by atoms with Gasteiger partial charge in [-0.3, -0.25) is 0 Å². The van der Waals surface area contributed by atoms with Gasteiger partial charge in [0.1, 0.15) is 28.9 Å². The van der Waals surface area contributed by atoms with Crippen LogP contribution in [0.2, 0.25) is 0 Å². The van der Waals surface area contributed by atoms with Gasteiger partial charge in [-0.15, -0.1) is 0 Å². The predicted octanol–water partition coefficient (Wildman–Crippen LogP) is 5.77. The lowest BCUT2D eigenvalue weighted by Crippen LogP contribution is -2.16. The van der Waals surface area contributed by atoms with E-state index in [4.69, 9.17) is 10.5 Å². The second-order valence-electron chi connectivity index (χ2n) is 7.68. The minimum absolute atomic E-state index is 0.0175. The Labute approximate surface area is 179 Å². The number of nitrogens with zero attached hydrogens (tertiary/aromatic N) is 1. The van der Waals surface area contributed by atoms with E-state index in [1.807, 2.05) is 6.92 Å². The Bertz CT molecular complexity index is 1180. The van der Waals surface area contributed by atoms with Gasteiger partial charge >= 0.3 is 6.18 Å². The fourth-order valence-corrected chi connectivity index (χ4v) is 3.85. The highest BCUT2D eigenvalue weighted by Crippen LogP contribution is 2.44. The van der Waals surface area contributed by atoms with Crippen molar-refractivity contribution in [2.45, 2.75) is 24.9 Å². The zero-order valence-corrected chi connectivity index (χ0v) is 16.8. The van der Waals surface area contributed by atoms with Crippen LogP contribution in [0.5, 0.6) is 5.75 Å². The minimum atomic E-state index is -5.02. The smallest absolute Gasteiger partial charge is 0.419 e. The van der Waals surface area contributed by atoms with Crippen molar-refractivity contribution in [2.24, 2.45) is 5.73 Å². The van der Waals surface area contributed by atoms with E-state index in [0.29, 0.717) is 22.9 Å². The largest absolute Gasteiger partial charge is 0.490 e. The van der Waals surface area contributed by atoms with Crippen molar-refractivity contribution in [3.8, 4) is 17.0 Å². The van der Waals surface area contributed by atoms with Crippen LogP contribution in [0, 0.1) is 17.5 Å². The monoisotopic (exact) mass is 452 g/mol. The molecule has 0 aliphatic carbocycles. The molecule has 3 nitrogen and oxygen atoms in total. The Morgan fingerprint density at radius 2 is 1.84 bits per heavy atom. The van der Waals surface area contributed by atoms with Crippen molar-refractivity contribution in [3.63, 3.8) is 0 Å². The van der Waals surface area contributed by atoms with Gasteiger partial charge in [0, 0.05) is 35.6 Å². The molecular weight excluding hydrogens is 434 g/mol. The molecule has 2 heterocycles. The third-order valence-corrected chi connectivity index (χ3v) is 5.49. The maximum Gasteiger partial charge on any atom is 0.419 e. The van der Waals surface area contributed by atoms with Crippen LogP contribution < -0.4 is 10.5 Å². The summed E-state index contributed by atoms with van der Waals surface area (Å²) in [6.07, 6.45) is -5.02. The number of pyridine rings is 1. The maximum absolute atomic E-state index is 14.7. The molecule has 1 aliphatic rings. The van der Waals surface area contributed by atoms with Gasteiger partial charge in [-0.25, -0.2) is 18.2 Å². The number of hydrogen-bond donors (Lipinski definition) is 1. The first-order valence-corrected chi connectivity index (χ1v) is 9.80. The molecular formula is C23H18F6N2O. The van der Waals surface area contributed by atoms with Crippen molar-refractivity contribution < 1.29 is 31.1 Å². The quantitative estimate of drug-likeness (QED) is 0.512. The first-order chi connectivity index (χ1) is 15.1. The minimum Gasteiger partial charge on any atom is -0.490 e. The van der Waals surface area contributed by atoms with Crippen LogP contribution in [0.4, 0.5) is 26.3 Å². The lowest BCUT2D eigenvalue weighted by molar-refractivity contribution is -0.140. The van der Waals surface area contributed by atoms with Gasteiger partial charge in [0.15, 0.2) is 0 Å². The fourth-order valence-electron chi connectivity index (χ4n) is 3.85. The van der Waals surface area contributed by atoms with E-state index in [2.05, 4.69) is 4.98 Å². The van der Waals surface area contributed by atoms with Gasteiger partial charge in [0.2, 0.25) is 0 Å². The summed E-state index contributed by atoms with van der Waals surface area (Å²) < 4.78 is 87.7. The molecule has 168 valence electrons. The molecule has 2 N–H and O–H groups in total. The first kappa shape index (κ1) is 22.1. The van der Waals surface area contributed by atoms with Gasteiger partial charge in [-0.2, -0.15) is 13.2 Å². The zero-order valence-electron chi connectivity index (χ0n) is 16.8. The van der Waals surface area contributed by atoms with Crippen LogP contribution in [0.25, 0.3) is 11.3 Å². The molecule has 4 rings (SSSR count). The zero-order chi connectivity index (χ0) is 23.2. The number of alkyl halides is 3. The summed E-state index contributed by atoms with van der Waals surface area (Å²) in [5, 5.41) is 0. The molecule has 1 aliphatic heterocycles. The van der Waals surface area contributed by atoms with Crippen molar-refractivity contribution >= 4 is 0 Å². The Morgan fingerprint density at radius 3 is 2.50 bits per heavy atom. The average Bonchev–Trinajstić information content (AvgIpc) is 3.08. The average molecular weight is 452 g/mol. The molecule has 3 aromatic rings. The second kappa shape index (κ2) is 8.12. The number of ether oxygens (including phenoxy) is 1. The standard InChI is InChI=1S/C23H18F6N2O/c1-11-10-32-22-14(11)7-20(16(9-30)12-3-2-4-13(24)5-12)31-21(22)15-6-17(23(27,28)29)19(26)8-18(15)25/h2-8,11,16H,9-10,30H2,1H3.